The van der Waals surface area contributed by atoms with Crippen LogP contribution in [0.1, 0.15) is 32.9 Å². The van der Waals surface area contributed by atoms with E-state index in [1.807, 2.05) is 37.3 Å². The van der Waals surface area contributed by atoms with Gasteiger partial charge in [-0.3, -0.25) is 4.79 Å². The molecule has 0 fully saturated rings. The summed E-state index contributed by atoms with van der Waals surface area (Å²) in [5.74, 6) is 0.362. The zero-order chi connectivity index (χ0) is 19.5. The molecule has 0 saturated carbocycles. The molecule has 1 aromatic heterocycles. The number of benzene rings is 2. The first kappa shape index (κ1) is 18.4. The first-order chi connectivity index (χ1) is 13.6. The molecule has 2 aromatic carbocycles. The van der Waals surface area contributed by atoms with Gasteiger partial charge >= 0.3 is 0 Å². The van der Waals surface area contributed by atoms with Gasteiger partial charge in [-0.25, -0.2) is 9.97 Å². The molecule has 1 amide bonds. The molecule has 4 rings (SSSR count). The van der Waals surface area contributed by atoms with Crippen LogP contribution in [0.25, 0.3) is 0 Å². The quantitative estimate of drug-likeness (QED) is 0.730. The fourth-order valence-electron chi connectivity index (χ4n) is 3.38. The van der Waals surface area contributed by atoms with E-state index < -0.39 is 0 Å². The monoisotopic (exact) mass is 392 g/mol. The SMILES string of the molecule is Cc1cc(C(=O)NCc2ccccc2Cl)nc(N2CCc3ccccc3C2)n1. The zero-order valence-electron chi connectivity index (χ0n) is 15.7. The number of aryl methyl sites for hydroxylation is 1. The van der Waals surface area contributed by atoms with Crippen LogP contribution in [0, 0.1) is 6.92 Å². The lowest BCUT2D eigenvalue weighted by atomic mass is 10.0. The fraction of sp³-hybridized carbons (Fsp3) is 0.227. The van der Waals surface area contributed by atoms with Crippen LogP contribution in [0.5, 0.6) is 0 Å². The van der Waals surface area contributed by atoms with Crippen molar-refractivity contribution >= 4 is 23.5 Å². The highest BCUT2D eigenvalue weighted by Crippen LogP contribution is 2.22. The Balaban J connectivity index is 1.51. The molecule has 142 valence electrons. The Kier molecular flexibility index (Phi) is 5.26. The highest BCUT2D eigenvalue weighted by Gasteiger charge is 2.20. The summed E-state index contributed by atoms with van der Waals surface area (Å²) in [6.07, 6.45) is 0.946. The van der Waals surface area contributed by atoms with Crippen molar-refractivity contribution < 1.29 is 4.79 Å². The van der Waals surface area contributed by atoms with Crippen molar-refractivity contribution in [2.24, 2.45) is 0 Å². The van der Waals surface area contributed by atoms with Crippen molar-refractivity contribution in [1.82, 2.24) is 15.3 Å². The van der Waals surface area contributed by atoms with Gasteiger partial charge in [0.2, 0.25) is 5.95 Å². The van der Waals surface area contributed by atoms with Crippen molar-refractivity contribution in [3.63, 3.8) is 0 Å². The number of carbonyl (C=O) groups excluding carboxylic acids is 1. The summed E-state index contributed by atoms with van der Waals surface area (Å²) in [5, 5.41) is 3.53. The number of amides is 1. The predicted molar refractivity (Wildman–Crippen MR) is 111 cm³/mol. The molecule has 0 aliphatic carbocycles. The summed E-state index contributed by atoms with van der Waals surface area (Å²) < 4.78 is 0. The number of anilines is 1. The minimum atomic E-state index is -0.232. The summed E-state index contributed by atoms with van der Waals surface area (Å²) in [7, 11) is 0. The molecule has 1 N–H and O–H groups in total. The second-order valence-electron chi connectivity index (χ2n) is 6.91. The fourth-order valence-corrected chi connectivity index (χ4v) is 3.59. The summed E-state index contributed by atoms with van der Waals surface area (Å²) in [5.41, 5.74) is 4.66. The Morgan fingerprint density at radius 1 is 1.11 bits per heavy atom. The highest BCUT2D eigenvalue weighted by molar-refractivity contribution is 6.31. The molecular weight excluding hydrogens is 372 g/mol. The molecule has 3 aromatic rings. The maximum atomic E-state index is 12.7. The van der Waals surface area contributed by atoms with Gasteiger partial charge in [0.15, 0.2) is 0 Å². The largest absolute Gasteiger partial charge is 0.347 e. The Hall–Kier alpha value is -2.92. The molecule has 0 unspecified atom stereocenters. The van der Waals surface area contributed by atoms with Crippen LogP contribution in [-0.4, -0.2) is 22.4 Å². The summed E-state index contributed by atoms with van der Waals surface area (Å²) >= 11 is 6.16. The number of fused-ring (bicyclic) bond motifs is 1. The average Bonchev–Trinajstić information content (AvgIpc) is 2.72. The normalized spacial score (nSPS) is 13.1. The van der Waals surface area contributed by atoms with E-state index in [-0.39, 0.29) is 5.91 Å². The second-order valence-corrected chi connectivity index (χ2v) is 7.32. The van der Waals surface area contributed by atoms with Crippen LogP contribution >= 0.6 is 11.6 Å². The lowest BCUT2D eigenvalue weighted by molar-refractivity contribution is 0.0945. The molecule has 0 bridgehead atoms. The lowest BCUT2D eigenvalue weighted by Crippen LogP contribution is -2.33. The number of carbonyl (C=O) groups is 1. The van der Waals surface area contributed by atoms with Crippen LogP contribution in [-0.2, 0) is 19.5 Å². The predicted octanol–water partition coefficient (Wildman–Crippen LogP) is 3.93. The van der Waals surface area contributed by atoms with Crippen molar-refractivity contribution in [2.45, 2.75) is 26.4 Å². The van der Waals surface area contributed by atoms with E-state index in [4.69, 9.17) is 11.6 Å². The van der Waals surface area contributed by atoms with Crippen LogP contribution < -0.4 is 10.2 Å². The van der Waals surface area contributed by atoms with Gasteiger partial charge in [0.25, 0.3) is 5.91 Å². The molecule has 1 aliphatic rings. The van der Waals surface area contributed by atoms with E-state index >= 15 is 0 Å². The van der Waals surface area contributed by atoms with E-state index in [1.165, 1.54) is 11.1 Å². The number of hydrogen-bond acceptors (Lipinski definition) is 4. The third-order valence-corrected chi connectivity index (χ3v) is 5.25. The number of halogens is 1. The van der Waals surface area contributed by atoms with Crippen LogP contribution in [0.15, 0.2) is 54.6 Å². The first-order valence-corrected chi connectivity index (χ1v) is 9.67. The van der Waals surface area contributed by atoms with Gasteiger partial charge in [-0.05, 0) is 42.2 Å². The third kappa shape index (κ3) is 3.99. The lowest BCUT2D eigenvalue weighted by Gasteiger charge is -2.29. The zero-order valence-corrected chi connectivity index (χ0v) is 16.4. The van der Waals surface area contributed by atoms with E-state index in [1.54, 1.807) is 6.07 Å². The molecule has 5 nitrogen and oxygen atoms in total. The van der Waals surface area contributed by atoms with E-state index in [0.29, 0.717) is 23.2 Å². The van der Waals surface area contributed by atoms with Gasteiger partial charge in [0.1, 0.15) is 5.69 Å². The summed E-state index contributed by atoms with van der Waals surface area (Å²) in [6.45, 7) is 3.82. The molecule has 0 radical (unpaired) electrons. The molecule has 28 heavy (non-hydrogen) atoms. The number of aromatic nitrogens is 2. The van der Waals surface area contributed by atoms with Gasteiger partial charge in [0.05, 0.1) is 0 Å². The number of nitrogens with one attached hydrogen (secondary N) is 1. The van der Waals surface area contributed by atoms with E-state index in [9.17, 15) is 4.79 Å². The molecule has 1 aliphatic heterocycles. The minimum absolute atomic E-state index is 0.232. The Bertz CT molecular complexity index is 1020. The third-order valence-electron chi connectivity index (χ3n) is 4.89. The van der Waals surface area contributed by atoms with Gasteiger partial charge < -0.3 is 10.2 Å². The molecule has 0 spiro atoms. The Morgan fingerprint density at radius 3 is 2.68 bits per heavy atom. The second kappa shape index (κ2) is 7.98. The molecular formula is C22H21ClN4O. The van der Waals surface area contributed by atoms with Gasteiger partial charge in [0, 0.05) is 30.4 Å². The summed E-state index contributed by atoms with van der Waals surface area (Å²) in [4.78, 5) is 23.9. The van der Waals surface area contributed by atoms with Crippen LogP contribution in [0.2, 0.25) is 5.02 Å². The topological polar surface area (TPSA) is 58.1 Å². The number of rotatable bonds is 4. The summed E-state index contributed by atoms with van der Waals surface area (Å²) in [6, 6.07) is 17.6. The molecule has 2 heterocycles. The highest BCUT2D eigenvalue weighted by atomic mass is 35.5. The van der Waals surface area contributed by atoms with Crippen molar-refractivity contribution in [3.05, 3.63) is 87.7 Å². The van der Waals surface area contributed by atoms with Crippen LogP contribution in [0.4, 0.5) is 5.95 Å². The first-order valence-electron chi connectivity index (χ1n) is 9.29. The van der Waals surface area contributed by atoms with Gasteiger partial charge in [-0.2, -0.15) is 0 Å². The van der Waals surface area contributed by atoms with Gasteiger partial charge in [-0.15, -0.1) is 0 Å². The van der Waals surface area contributed by atoms with E-state index in [2.05, 4.69) is 38.4 Å². The Labute approximate surface area is 169 Å². The van der Waals surface area contributed by atoms with Crippen LogP contribution in [0.3, 0.4) is 0 Å². The maximum absolute atomic E-state index is 12.7. The minimum Gasteiger partial charge on any atom is -0.347 e. The van der Waals surface area contributed by atoms with Crippen molar-refractivity contribution in [3.8, 4) is 0 Å². The molecule has 6 heteroatoms. The van der Waals surface area contributed by atoms with Crippen molar-refractivity contribution in [2.75, 3.05) is 11.4 Å². The van der Waals surface area contributed by atoms with Gasteiger partial charge in [-0.1, -0.05) is 54.1 Å². The maximum Gasteiger partial charge on any atom is 0.270 e. The smallest absolute Gasteiger partial charge is 0.270 e. The van der Waals surface area contributed by atoms with E-state index in [0.717, 1.165) is 30.8 Å². The average molecular weight is 393 g/mol. The molecule has 0 saturated heterocycles. The Morgan fingerprint density at radius 2 is 1.86 bits per heavy atom. The van der Waals surface area contributed by atoms with Crippen molar-refractivity contribution in [1.29, 1.82) is 0 Å². The standard InChI is InChI=1S/C22H21ClN4O/c1-15-12-20(21(28)24-13-17-7-4-5-9-19(17)23)26-22(25-15)27-11-10-16-6-2-3-8-18(16)14-27/h2-9,12H,10-11,13-14H2,1H3,(H,24,28). The molecule has 0 atom stereocenters. The number of hydrogen-bond donors (Lipinski definition) is 1. The number of nitrogens with zero attached hydrogens (tertiary/aromatic N) is 3.